The summed E-state index contributed by atoms with van der Waals surface area (Å²) in [6.45, 7) is 5.78. The van der Waals surface area contributed by atoms with Crippen LogP contribution in [-0.2, 0) is 19.2 Å². The molecule has 0 saturated carbocycles. The summed E-state index contributed by atoms with van der Waals surface area (Å²) in [5, 5.41) is 23.3. The van der Waals surface area contributed by atoms with Crippen LogP contribution in [0.25, 0.3) is 5.95 Å². The first-order valence-corrected chi connectivity index (χ1v) is 22.5. The average Bonchev–Trinajstić information content (AvgIpc) is 3.29. The van der Waals surface area contributed by atoms with Crippen molar-refractivity contribution >= 4 is 139 Å². The van der Waals surface area contributed by atoms with Crippen molar-refractivity contribution < 1.29 is 23.7 Å². The summed E-state index contributed by atoms with van der Waals surface area (Å²) in [6, 6.07) is 34.3. The Morgan fingerprint density at radius 3 is 0.903 bits per heavy atom. The minimum absolute atomic E-state index is 0.000000000000000444. The molecule has 4 aromatic heterocycles. The fourth-order valence-electron chi connectivity index (χ4n) is 5.92. The smallest absolute Gasteiger partial charge is 0.326 e. The number of carbonyl (C=O) groups excluding carboxylic acids is 4. The van der Waals surface area contributed by atoms with Crippen LogP contribution < -0.4 is 47.1 Å². The average molecular weight is 1050 g/mol. The Balaban J connectivity index is 0.000000202. The highest BCUT2D eigenvalue weighted by Gasteiger charge is 2.19. The second kappa shape index (κ2) is 25.8. The molecule has 8 aromatic rings. The minimum atomic E-state index is -0.168. The van der Waals surface area contributed by atoms with Gasteiger partial charge in [0.1, 0.15) is 0 Å². The van der Waals surface area contributed by atoms with Crippen LogP contribution in [-0.4, -0.2) is 68.5 Å². The molecular weight excluding hydrogens is 1010 g/mol. The van der Waals surface area contributed by atoms with Gasteiger partial charge in [0.2, 0.25) is 56.7 Å². The quantitative estimate of drug-likeness (QED) is 0.0499. The summed E-state index contributed by atoms with van der Waals surface area (Å²) in [5.41, 5.74) is 5.29. The number of amides is 4. The fraction of sp³-hybridized carbons (Fsp3) is 0.0870. The Bertz CT molecular complexity index is 3000. The van der Waals surface area contributed by atoms with Crippen LogP contribution in [0.4, 0.5) is 69.3 Å². The molecule has 0 aliphatic heterocycles. The third-order valence-electron chi connectivity index (χ3n) is 8.49. The van der Waals surface area contributed by atoms with Crippen LogP contribution in [0.2, 0.25) is 21.1 Å². The van der Waals surface area contributed by atoms with Crippen LogP contribution in [0.15, 0.2) is 128 Å². The van der Waals surface area contributed by atoms with Crippen molar-refractivity contribution in [1.82, 2.24) is 44.9 Å². The molecule has 0 bridgehead atoms. The van der Waals surface area contributed by atoms with Gasteiger partial charge in [0.15, 0.2) is 0 Å². The maximum atomic E-state index is 11.4. The van der Waals surface area contributed by atoms with Gasteiger partial charge in [-0.2, -0.15) is 29.9 Å². The highest BCUT2D eigenvalue weighted by atomic mass is 35.5. The lowest BCUT2D eigenvalue weighted by molar-refractivity contribution is -0.603. The molecule has 4 amide bonds. The van der Waals surface area contributed by atoms with Crippen molar-refractivity contribution in [2.75, 3.05) is 42.5 Å². The lowest BCUT2D eigenvalue weighted by Crippen LogP contribution is -2.32. The molecule has 0 saturated heterocycles. The van der Waals surface area contributed by atoms with Gasteiger partial charge >= 0.3 is 17.8 Å². The maximum Gasteiger partial charge on any atom is 0.444 e. The van der Waals surface area contributed by atoms with Crippen LogP contribution in [0, 0.1) is 0 Å². The zero-order chi connectivity index (χ0) is 51.6. The Labute approximate surface area is 430 Å². The van der Waals surface area contributed by atoms with Crippen molar-refractivity contribution in [2.45, 2.75) is 27.7 Å². The topological polar surface area (TPSA) is 284 Å². The summed E-state index contributed by atoms with van der Waals surface area (Å²) in [6.07, 6.45) is 3.66. The number of hydrogen-bond donors (Lipinski definition) is 8. The summed E-state index contributed by atoms with van der Waals surface area (Å²) in [4.78, 5) is 81.6. The van der Waals surface area contributed by atoms with E-state index in [9.17, 15) is 19.2 Å². The predicted octanol–water partition coefficient (Wildman–Crippen LogP) is 9.31. The number of benzene rings is 4. The van der Waals surface area contributed by atoms with Gasteiger partial charge in [-0.05, 0) is 141 Å². The molecule has 0 aliphatic carbocycles. The fourth-order valence-corrected chi connectivity index (χ4v) is 6.69. The highest BCUT2D eigenvalue weighted by Crippen LogP contribution is 2.24. The number of nitrogens with one attached hydrogen (secondary N) is 8. The van der Waals surface area contributed by atoms with E-state index in [0.29, 0.717) is 63.3 Å². The first-order chi connectivity index (χ1) is 34.5. The highest BCUT2D eigenvalue weighted by molar-refractivity contribution is 6.33. The van der Waals surface area contributed by atoms with Gasteiger partial charge in [0.25, 0.3) is 0 Å². The van der Waals surface area contributed by atoms with E-state index in [1.54, 1.807) is 77.4 Å². The van der Waals surface area contributed by atoms with E-state index in [1.807, 2.05) is 54.9 Å². The van der Waals surface area contributed by atoms with Gasteiger partial charge in [0.05, 0.1) is 12.4 Å². The molecule has 4 aromatic carbocycles. The van der Waals surface area contributed by atoms with Crippen LogP contribution in [0.3, 0.4) is 0 Å². The largest absolute Gasteiger partial charge is 0.444 e. The lowest BCUT2D eigenvalue weighted by Gasteiger charge is -2.10. The van der Waals surface area contributed by atoms with Gasteiger partial charge < -0.3 is 42.5 Å². The normalized spacial score (nSPS) is 10.2. The Morgan fingerprint density at radius 1 is 0.347 bits per heavy atom. The number of anilines is 12. The molecule has 366 valence electrons. The van der Waals surface area contributed by atoms with E-state index in [2.05, 4.69) is 87.4 Å². The van der Waals surface area contributed by atoms with Gasteiger partial charge in [-0.3, -0.25) is 19.2 Å². The van der Waals surface area contributed by atoms with E-state index in [0.717, 1.165) is 0 Å². The van der Waals surface area contributed by atoms with Crippen LogP contribution >= 0.6 is 46.4 Å². The van der Waals surface area contributed by atoms with Crippen LogP contribution in [0.1, 0.15) is 27.7 Å². The van der Waals surface area contributed by atoms with Crippen LogP contribution in [0.5, 0.6) is 0 Å². The van der Waals surface area contributed by atoms with Crippen molar-refractivity contribution in [1.29, 1.82) is 0 Å². The third-order valence-corrected chi connectivity index (χ3v) is 9.16. The molecule has 0 unspecified atom stereocenters. The molecule has 4 heterocycles. The number of halogens is 4. The Morgan fingerprint density at radius 2 is 0.611 bits per heavy atom. The van der Waals surface area contributed by atoms with Gasteiger partial charge in [-0.15, -0.1) is 4.98 Å². The number of rotatable bonds is 13. The van der Waals surface area contributed by atoms with E-state index >= 15 is 0 Å². The number of hydrogen-bond acceptors (Lipinski definition) is 17. The zero-order valence-electron chi connectivity index (χ0n) is 38.2. The Kier molecular flexibility index (Phi) is 18.9. The summed E-state index contributed by atoms with van der Waals surface area (Å²) >= 11 is 22.0. The monoisotopic (exact) mass is 1050 g/mol. The Hall–Kier alpha value is -8.70. The molecule has 8 N–H and O–H groups in total. The standard InChI is InChI=1S/C24H22N8O2.C19H18ClN7O2.C3Cl3N3/c1-16(33)25-18-8-6-10-20(14-18)27-22-29-23(31-24(30-22)32-12-4-3-5-13-32)28-21-11-7-9-19(15-21)26-17(2)34;1-11(28)21-13-5-3-7-15(9-13)23-18-25-17(20)26-19(27-18)24-16-8-4-6-14(10-16)22-12(2)29;4-1-7-2(5)9-3(6)8-1/h3-15H,1-2H3,(H3-,25,26,27,28,29,30,31,33,34);3-10H,1-2H3,(H,21,28)(H,22,29)(H2,23,24,25,26,27);/p+1. The second-order valence-electron chi connectivity index (χ2n) is 14.5. The number of nitrogens with zero attached hydrogens (tertiary/aromatic N) is 10. The van der Waals surface area contributed by atoms with Crippen molar-refractivity contribution in [3.63, 3.8) is 0 Å². The van der Waals surface area contributed by atoms with Crippen molar-refractivity contribution in [3.05, 3.63) is 149 Å². The first-order valence-electron chi connectivity index (χ1n) is 21.0. The molecule has 72 heavy (non-hydrogen) atoms. The minimum Gasteiger partial charge on any atom is -0.326 e. The molecule has 0 fully saturated rings. The molecule has 0 spiro atoms. The van der Waals surface area contributed by atoms with E-state index in [-0.39, 0.29) is 56.7 Å². The lowest BCUT2D eigenvalue weighted by atomic mass is 10.2. The maximum absolute atomic E-state index is 11.4. The number of carbonyl (C=O) groups is 4. The van der Waals surface area contributed by atoms with Gasteiger partial charge in [-0.25, -0.2) is 4.57 Å². The molecule has 8 rings (SSSR count). The molecule has 0 radical (unpaired) electrons. The van der Waals surface area contributed by atoms with Gasteiger partial charge in [-0.1, -0.05) is 30.3 Å². The SMILES string of the molecule is CC(=O)Nc1cccc(Nc2nc(Cl)nc(Nc3cccc(NC(C)=O)c3)n2)c1.CC(=O)Nc1cccc(Nc2nc(Nc3cccc(NC(C)=O)c3)nc(-[n+]3ccccc3)n2)c1.Clc1nc(Cl)nc(Cl)n1. The molecule has 0 aliphatic rings. The number of aromatic nitrogens is 10. The molecular formula is C46H41Cl4N18O4+. The van der Waals surface area contributed by atoms with E-state index in [1.165, 1.54) is 27.7 Å². The third kappa shape index (κ3) is 18.0. The molecule has 0 atom stereocenters. The second-order valence-corrected chi connectivity index (χ2v) is 15.9. The van der Waals surface area contributed by atoms with Crippen molar-refractivity contribution in [2.24, 2.45) is 0 Å². The molecule has 22 nitrogen and oxygen atoms in total. The first kappa shape index (κ1) is 52.7. The predicted molar refractivity (Wildman–Crippen MR) is 277 cm³/mol. The molecule has 26 heteroatoms. The van der Waals surface area contributed by atoms with Crippen molar-refractivity contribution in [3.8, 4) is 5.95 Å². The van der Waals surface area contributed by atoms with Gasteiger partial charge in [0, 0.05) is 73.2 Å². The summed E-state index contributed by atoms with van der Waals surface area (Å²) in [5.74, 6) is 0.814. The summed E-state index contributed by atoms with van der Waals surface area (Å²) < 4.78 is 1.76. The number of pyridine rings is 1. The van der Waals surface area contributed by atoms with E-state index in [4.69, 9.17) is 46.4 Å². The van der Waals surface area contributed by atoms with E-state index < -0.39 is 0 Å². The zero-order valence-corrected chi connectivity index (χ0v) is 41.3. The summed E-state index contributed by atoms with van der Waals surface area (Å²) in [7, 11) is 0.